The predicted octanol–water partition coefficient (Wildman–Crippen LogP) is 4.98. The lowest BCUT2D eigenvalue weighted by Gasteiger charge is -2.51. The molecule has 0 aromatic carbocycles. The second-order valence-electron chi connectivity index (χ2n) is 15.0. The number of piperidine rings is 2. The zero-order valence-corrected chi connectivity index (χ0v) is 27.6. The van der Waals surface area contributed by atoms with E-state index in [4.69, 9.17) is 4.74 Å². The lowest BCUT2D eigenvalue weighted by atomic mass is 9.80. The lowest BCUT2D eigenvalue weighted by Crippen LogP contribution is -2.63. The summed E-state index contributed by atoms with van der Waals surface area (Å²) in [5.74, 6) is 1.33. The first-order valence-electron chi connectivity index (χ1n) is 17.3. The molecular formula is C33H58N6O4. The van der Waals surface area contributed by atoms with Crippen LogP contribution in [0.25, 0.3) is 0 Å². The Morgan fingerprint density at radius 2 is 1.14 bits per heavy atom. The van der Waals surface area contributed by atoms with Gasteiger partial charge in [-0.3, -0.25) is 0 Å². The molecule has 10 heteroatoms. The van der Waals surface area contributed by atoms with Crippen LogP contribution in [0.3, 0.4) is 0 Å². The Labute approximate surface area is 259 Å². The summed E-state index contributed by atoms with van der Waals surface area (Å²) >= 11 is 0. The topological polar surface area (TPSA) is 88.7 Å². The van der Waals surface area contributed by atoms with Crippen molar-refractivity contribution in [3.63, 3.8) is 0 Å². The number of ether oxygens (including phenoxy) is 1. The maximum Gasteiger partial charge on any atom is 0.410 e. The van der Waals surface area contributed by atoms with E-state index in [0.29, 0.717) is 37.1 Å². The SMILES string of the molecule is CN1C[C@H]2CCCC[C@@H]2N(C2CCN(C(=O)OC(C)(C)C)CC2)C1=O.CN1C[C@H]2CCCC[C@@H]2N(C2CCNCC2)C1=O. The summed E-state index contributed by atoms with van der Waals surface area (Å²) in [4.78, 5) is 47.7. The van der Waals surface area contributed by atoms with Gasteiger partial charge in [-0.15, -0.1) is 0 Å². The van der Waals surface area contributed by atoms with E-state index in [9.17, 15) is 14.4 Å². The Hall–Kier alpha value is -2.23. The summed E-state index contributed by atoms with van der Waals surface area (Å²) in [5, 5.41) is 3.40. The molecule has 4 atom stereocenters. The smallest absolute Gasteiger partial charge is 0.410 e. The molecule has 4 saturated heterocycles. The zero-order chi connectivity index (χ0) is 30.7. The van der Waals surface area contributed by atoms with Crippen LogP contribution in [-0.4, -0.2) is 126 Å². The summed E-state index contributed by atoms with van der Waals surface area (Å²) in [6.07, 6.45) is 13.8. The Morgan fingerprint density at radius 1 is 0.698 bits per heavy atom. The molecule has 6 rings (SSSR count). The largest absolute Gasteiger partial charge is 0.444 e. The Balaban J connectivity index is 0.000000180. The minimum Gasteiger partial charge on any atom is -0.444 e. The molecule has 0 aromatic heterocycles. The van der Waals surface area contributed by atoms with Crippen LogP contribution < -0.4 is 5.32 Å². The average Bonchev–Trinajstić information content (AvgIpc) is 2.98. The van der Waals surface area contributed by atoms with Gasteiger partial charge in [-0.2, -0.15) is 0 Å². The third-order valence-electron chi connectivity index (χ3n) is 10.8. The second-order valence-corrected chi connectivity index (χ2v) is 15.0. The fourth-order valence-electron chi connectivity index (χ4n) is 8.66. The summed E-state index contributed by atoms with van der Waals surface area (Å²) in [6.45, 7) is 11.0. The number of carbonyl (C=O) groups excluding carboxylic acids is 3. The van der Waals surface area contributed by atoms with Gasteiger partial charge in [-0.1, -0.05) is 25.7 Å². The van der Waals surface area contributed by atoms with E-state index in [1.807, 2.05) is 44.7 Å². The van der Waals surface area contributed by atoms with Gasteiger partial charge in [-0.25, -0.2) is 14.4 Å². The highest BCUT2D eigenvalue weighted by molar-refractivity contribution is 5.76. The van der Waals surface area contributed by atoms with Gasteiger partial charge in [0.15, 0.2) is 0 Å². The van der Waals surface area contributed by atoms with E-state index in [1.54, 1.807) is 4.90 Å². The average molecular weight is 603 g/mol. The van der Waals surface area contributed by atoms with Crippen LogP contribution in [0.2, 0.25) is 0 Å². The molecule has 1 N–H and O–H groups in total. The molecule has 0 bridgehead atoms. The van der Waals surface area contributed by atoms with E-state index < -0.39 is 5.60 Å². The first-order chi connectivity index (χ1) is 20.5. The standard InChI is InChI=1S/C19H33N3O3.C14H25N3O/c1-19(2,3)25-18(24)21-11-9-15(10-12-21)22-16-8-6-5-7-14(16)13-20(4)17(22)23;1-16-10-11-4-2-3-5-13(11)17(14(16)18)12-6-8-15-9-7-12/h14-16H,5-13H2,1-4H3;11-13,15H,2-10H2,1H3/t14-,16+;11-,13+/m11/s1. The fourth-order valence-corrected chi connectivity index (χ4v) is 8.66. The van der Waals surface area contributed by atoms with Crippen LogP contribution >= 0.6 is 0 Å². The molecule has 244 valence electrons. The molecule has 6 aliphatic rings. The third-order valence-corrected chi connectivity index (χ3v) is 10.8. The molecule has 0 aromatic rings. The molecule has 4 heterocycles. The molecule has 0 spiro atoms. The highest BCUT2D eigenvalue weighted by Gasteiger charge is 2.45. The van der Waals surface area contributed by atoms with Gasteiger partial charge in [0.2, 0.25) is 0 Å². The number of rotatable bonds is 2. The molecule has 10 nitrogen and oxygen atoms in total. The van der Waals surface area contributed by atoms with E-state index >= 15 is 0 Å². The van der Waals surface area contributed by atoms with Gasteiger partial charge in [0, 0.05) is 64.4 Å². The molecule has 2 saturated carbocycles. The molecular weight excluding hydrogens is 544 g/mol. The van der Waals surface area contributed by atoms with Crippen LogP contribution in [0.4, 0.5) is 14.4 Å². The van der Waals surface area contributed by atoms with Crippen molar-refractivity contribution in [2.24, 2.45) is 11.8 Å². The van der Waals surface area contributed by atoms with E-state index in [2.05, 4.69) is 15.1 Å². The summed E-state index contributed by atoms with van der Waals surface area (Å²) in [7, 11) is 3.90. The van der Waals surface area contributed by atoms with Crippen molar-refractivity contribution in [2.75, 3.05) is 53.4 Å². The predicted molar refractivity (Wildman–Crippen MR) is 168 cm³/mol. The van der Waals surface area contributed by atoms with E-state index in [0.717, 1.165) is 64.2 Å². The molecule has 4 aliphatic heterocycles. The van der Waals surface area contributed by atoms with Crippen LogP contribution in [0.15, 0.2) is 0 Å². The lowest BCUT2D eigenvalue weighted by molar-refractivity contribution is -0.00368. The Morgan fingerprint density at radius 3 is 1.60 bits per heavy atom. The minimum absolute atomic E-state index is 0.180. The van der Waals surface area contributed by atoms with E-state index in [1.165, 1.54) is 44.9 Å². The number of fused-ring (bicyclic) bond motifs is 2. The van der Waals surface area contributed by atoms with Crippen LogP contribution in [0, 0.1) is 11.8 Å². The van der Waals surface area contributed by atoms with Crippen LogP contribution in [0.5, 0.6) is 0 Å². The third kappa shape index (κ3) is 7.54. The Bertz CT molecular complexity index is 973. The molecule has 5 amide bonds. The molecule has 2 aliphatic carbocycles. The van der Waals surface area contributed by atoms with Crippen molar-refractivity contribution in [2.45, 2.75) is 128 Å². The van der Waals surface area contributed by atoms with Gasteiger partial charge >= 0.3 is 18.2 Å². The number of nitrogens with zero attached hydrogens (tertiary/aromatic N) is 5. The fraction of sp³-hybridized carbons (Fsp3) is 0.909. The van der Waals surface area contributed by atoms with Crippen LogP contribution in [0.1, 0.15) is 97.8 Å². The molecule has 43 heavy (non-hydrogen) atoms. The summed E-state index contributed by atoms with van der Waals surface area (Å²) in [5.41, 5.74) is -0.463. The maximum absolute atomic E-state index is 12.8. The van der Waals surface area contributed by atoms with Crippen molar-refractivity contribution in [1.82, 2.24) is 29.8 Å². The van der Waals surface area contributed by atoms with Gasteiger partial charge < -0.3 is 34.6 Å². The first-order valence-corrected chi connectivity index (χ1v) is 17.3. The molecule has 0 radical (unpaired) electrons. The number of likely N-dealkylation sites (tertiary alicyclic amines) is 1. The van der Waals surface area contributed by atoms with Crippen molar-refractivity contribution >= 4 is 18.2 Å². The summed E-state index contributed by atoms with van der Waals surface area (Å²) in [6, 6.07) is 2.12. The van der Waals surface area contributed by atoms with Crippen molar-refractivity contribution in [1.29, 1.82) is 0 Å². The number of nitrogens with one attached hydrogen (secondary N) is 1. The summed E-state index contributed by atoms with van der Waals surface area (Å²) < 4.78 is 5.48. The van der Waals surface area contributed by atoms with Gasteiger partial charge in [-0.05, 0) is 97.1 Å². The van der Waals surface area contributed by atoms with Crippen molar-refractivity contribution in [3.05, 3.63) is 0 Å². The highest BCUT2D eigenvalue weighted by Crippen LogP contribution is 2.37. The molecule has 6 fully saturated rings. The van der Waals surface area contributed by atoms with Crippen molar-refractivity contribution < 1.29 is 19.1 Å². The number of urea groups is 2. The second kappa shape index (κ2) is 13.8. The van der Waals surface area contributed by atoms with Gasteiger partial charge in [0.05, 0.1) is 0 Å². The minimum atomic E-state index is -0.463. The number of carbonyl (C=O) groups is 3. The van der Waals surface area contributed by atoms with E-state index in [-0.39, 0.29) is 24.2 Å². The maximum atomic E-state index is 12.8. The van der Waals surface area contributed by atoms with Crippen molar-refractivity contribution in [3.8, 4) is 0 Å². The number of hydrogen-bond donors (Lipinski definition) is 1. The normalized spacial score (nSPS) is 31.2. The van der Waals surface area contributed by atoms with Gasteiger partial charge in [0.25, 0.3) is 0 Å². The highest BCUT2D eigenvalue weighted by atomic mass is 16.6. The van der Waals surface area contributed by atoms with Gasteiger partial charge in [0.1, 0.15) is 5.60 Å². The Kier molecular flexibility index (Phi) is 10.3. The quantitative estimate of drug-likeness (QED) is 0.482. The number of amides is 5. The number of hydrogen-bond acceptors (Lipinski definition) is 5. The van der Waals surface area contributed by atoms with Crippen LogP contribution in [-0.2, 0) is 4.74 Å². The first kappa shape index (κ1) is 32.2. The molecule has 0 unspecified atom stereocenters. The monoisotopic (exact) mass is 602 g/mol. The zero-order valence-electron chi connectivity index (χ0n) is 27.6.